The molecule has 0 aliphatic heterocycles. The van der Waals surface area contributed by atoms with Crippen molar-refractivity contribution in [1.82, 2.24) is 0 Å². The number of carboxylic acid groups (broad SMARTS) is 1. The molecule has 4 heteroatoms. The predicted molar refractivity (Wildman–Crippen MR) is 83.4 cm³/mol. The minimum atomic E-state index is -0.938. The van der Waals surface area contributed by atoms with Gasteiger partial charge in [0.25, 0.3) is 0 Å². The third kappa shape index (κ3) is 3.83. The molecule has 0 fully saturated rings. The average molecular weight is 285 g/mol. The highest BCUT2D eigenvalue weighted by molar-refractivity contribution is 5.95. The molecular weight excluding hydrogens is 266 g/mol. The fraction of sp³-hybridized carbons (Fsp3) is 0.235. The molecule has 110 valence electrons. The maximum Gasteiger partial charge on any atom is 0.337 e. The molecule has 0 heterocycles. The van der Waals surface area contributed by atoms with Crippen LogP contribution in [0, 0.1) is 6.92 Å². The molecule has 0 bridgehead atoms. The van der Waals surface area contributed by atoms with E-state index in [-0.39, 0.29) is 5.56 Å². The Bertz CT molecular complexity index is 638. The monoisotopic (exact) mass is 285 g/mol. The first-order valence-electron chi connectivity index (χ1n) is 6.79. The van der Waals surface area contributed by atoms with Gasteiger partial charge in [0.05, 0.1) is 17.9 Å². The van der Waals surface area contributed by atoms with Crippen LogP contribution in [0.5, 0.6) is 0 Å². The number of benzene rings is 2. The summed E-state index contributed by atoms with van der Waals surface area (Å²) in [5.74, 6) is -0.938. The zero-order valence-electron chi connectivity index (χ0n) is 12.2. The minimum absolute atomic E-state index is 0.266. The van der Waals surface area contributed by atoms with Gasteiger partial charge >= 0.3 is 5.97 Å². The maximum absolute atomic E-state index is 11.3. The van der Waals surface area contributed by atoms with Crippen molar-refractivity contribution in [2.75, 3.05) is 19.0 Å². The molecule has 4 nitrogen and oxygen atoms in total. The predicted octanol–water partition coefficient (Wildman–Crippen LogP) is 3.63. The highest BCUT2D eigenvalue weighted by Crippen LogP contribution is 2.25. The van der Waals surface area contributed by atoms with E-state index in [1.165, 1.54) is 0 Å². The summed E-state index contributed by atoms with van der Waals surface area (Å²) in [6, 6.07) is 13.1. The van der Waals surface area contributed by atoms with Gasteiger partial charge in [-0.25, -0.2) is 4.79 Å². The molecule has 2 N–H and O–H groups in total. The van der Waals surface area contributed by atoms with Crippen LogP contribution in [0.15, 0.2) is 42.5 Å². The van der Waals surface area contributed by atoms with E-state index in [1.807, 2.05) is 37.3 Å². The molecule has 0 unspecified atom stereocenters. The standard InChI is InChI=1S/C17H19NO3/c1-12-7-8-14(17(19)20)16(11-12)18-15-6-4-3-5-13(15)9-10-21-2/h3-8,11,18H,9-10H2,1-2H3,(H,19,20). The van der Waals surface area contributed by atoms with E-state index in [0.29, 0.717) is 12.3 Å². The topological polar surface area (TPSA) is 58.6 Å². The molecule has 21 heavy (non-hydrogen) atoms. The first-order valence-corrected chi connectivity index (χ1v) is 6.79. The normalized spacial score (nSPS) is 10.4. The first kappa shape index (κ1) is 15.1. The molecule has 0 saturated carbocycles. The van der Waals surface area contributed by atoms with Gasteiger partial charge in [-0.15, -0.1) is 0 Å². The Morgan fingerprint density at radius 1 is 1.19 bits per heavy atom. The summed E-state index contributed by atoms with van der Waals surface area (Å²) < 4.78 is 5.11. The van der Waals surface area contributed by atoms with Gasteiger partial charge in [0.1, 0.15) is 0 Å². The average Bonchev–Trinajstić information content (AvgIpc) is 2.46. The van der Waals surface area contributed by atoms with E-state index in [2.05, 4.69) is 5.32 Å². The van der Waals surface area contributed by atoms with E-state index < -0.39 is 5.97 Å². The molecule has 0 spiro atoms. The lowest BCUT2D eigenvalue weighted by Crippen LogP contribution is -2.05. The quantitative estimate of drug-likeness (QED) is 0.851. The molecule has 2 aromatic rings. The van der Waals surface area contributed by atoms with Gasteiger partial charge in [-0.2, -0.15) is 0 Å². The van der Waals surface area contributed by atoms with E-state index in [4.69, 9.17) is 4.74 Å². The van der Waals surface area contributed by atoms with Gasteiger partial charge < -0.3 is 15.2 Å². The second kappa shape index (κ2) is 6.90. The lowest BCUT2D eigenvalue weighted by atomic mass is 10.1. The number of anilines is 2. The van der Waals surface area contributed by atoms with Crippen LogP contribution in [-0.4, -0.2) is 24.8 Å². The van der Waals surface area contributed by atoms with Gasteiger partial charge in [-0.3, -0.25) is 0 Å². The molecule has 0 aromatic heterocycles. The first-order chi connectivity index (χ1) is 10.1. The van der Waals surface area contributed by atoms with Crippen molar-refractivity contribution >= 4 is 17.3 Å². The molecule has 0 aliphatic carbocycles. The number of aryl methyl sites for hydroxylation is 1. The fourth-order valence-electron chi connectivity index (χ4n) is 2.17. The summed E-state index contributed by atoms with van der Waals surface area (Å²) in [5.41, 5.74) is 3.88. The summed E-state index contributed by atoms with van der Waals surface area (Å²) in [5, 5.41) is 12.5. The Labute approximate surface area is 124 Å². The third-order valence-corrected chi connectivity index (χ3v) is 3.27. The molecule has 0 saturated heterocycles. The number of hydrogen-bond donors (Lipinski definition) is 2. The van der Waals surface area contributed by atoms with E-state index in [0.717, 1.165) is 23.2 Å². The van der Waals surface area contributed by atoms with Gasteiger partial charge in [-0.1, -0.05) is 24.3 Å². The highest BCUT2D eigenvalue weighted by Gasteiger charge is 2.11. The molecule has 0 aliphatic rings. The molecule has 0 amide bonds. The van der Waals surface area contributed by atoms with Crippen LogP contribution in [0.4, 0.5) is 11.4 Å². The minimum Gasteiger partial charge on any atom is -0.478 e. The van der Waals surface area contributed by atoms with Gasteiger partial charge in [0.2, 0.25) is 0 Å². The Balaban J connectivity index is 2.34. The van der Waals surface area contributed by atoms with Crippen LogP contribution < -0.4 is 5.32 Å². The van der Waals surface area contributed by atoms with Crippen LogP contribution >= 0.6 is 0 Å². The summed E-state index contributed by atoms with van der Waals surface area (Å²) in [6.07, 6.45) is 0.772. The fourth-order valence-corrected chi connectivity index (χ4v) is 2.17. The van der Waals surface area contributed by atoms with Gasteiger partial charge in [0, 0.05) is 12.8 Å². The summed E-state index contributed by atoms with van der Waals surface area (Å²) in [7, 11) is 1.67. The molecule has 0 radical (unpaired) electrons. The van der Waals surface area contributed by atoms with Gasteiger partial charge in [0.15, 0.2) is 0 Å². The van der Waals surface area contributed by atoms with Crippen LogP contribution in [0.25, 0.3) is 0 Å². The summed E-state index contributed by atoms with van der Waals surface area (Å²) in [4.78, 5) is 11.3. The zero-order chi connectivity index (χ0) is 15.2. The number of ether oxygens (including phenoxy) is 1. The van der Waals surface area contributed by atoms with Gasteiger partial charge in [-0.05, 0) is 42.7 Å². The third-order valence-electron chi connectivity index (χ3n) is 3.27. The number of carboxylic acids is 1. The Hall–Kier alpha value is -2.33. The van der Waals surface area contributed by atoms with E-state index in [9.17, 15) is 9.90 Å². The zero-order valence-corrected chi connectivity index (χ0v) is 12.2. The van der Waals surface area contributed by atoms with Crippen molar-refractivity contribution < 1.29 is 14.6 Å². The van der Waals surface area contributed by atoms with Crippen molar-refractivity contribution in [3.05, 3.63) is 59.2 Å². The number of carbonyl (C=O) groups is 1. The van der Waals surface area contributed by atoms with Crippen molar-refractivity contribution in [2.24, 2.45) is 0 Å². The Kier molecular flexibility index (Phi) is 4.95. The number of nitrogens with one attached hydrogen (secondary N) is 1. The number of rotatable bonds is 6. The lowest BCUT2D eigenvalue weighted by molar-refractivity contribution is 0.0698. The van der Waals surface area contributed by atoms with Crippen LogP contribution in [0.3, 0.4) is 0 Å². The summed E-state index contributed by atoms with van der Waals surface area (Å²) in [6.45, 7) is 2.56. The number of aromatic carboxylic acids is 1. The van der Waals surface area contributed by atoms with E-state index >= 15 is 0 Å². The number of methoxy groups -OCH3 is 1. The number of para-hydroxylation sites is 1. The van der Waals surface area contributed by atoms with Crippen molar-refractivity contribution in [3.8, 4) is 0 Å². The molecule has 0 atom stereocenters. The van der Waals surface area contributed by atoms with E-state index in [1.54, 1.807) is 19.2 Å². The van der Waals surface area contributed by atoms with Crippen molar-refractivity contribution in [1.29, 1.82) is 0 Å². The highest BCUT2D eigenvalue weighted by atomic mass is 16.5. The van der Waals surface area contributed by atoms with Crippen LogP contribution in [0.2, 0.25) is 0 Å². The summed E-state index contributed by atoms with van der Waals surface area (Å²) >= 11 is 0. The second-order valence-corrected chi connectivity index (χ2v) is 4.88. The number of hydrogen-bond acceptors (Lipinski definition) is 3. The Morgan fingerprint density at radius 3 is 2.67 bits per heavy atom. The largest absolute Gasteiger partial charge is 0.478 e. The smallest absolute Gasteiger partial charge is 0.337 e. The molecular formula is C17H19NO3. The van der Waals surface area contributed by atoms with Crippen LogP contribution in [-0.2, 0) is 11.2 Å². The molecule has 2 rings (SSSR count). The lowest BCUT2D eigenvalue weighted by Gasteiger charge is -2.14. The Morgan fingerprint density at radius 2 is 1.95 bits per heavy atom. The maximum atomic E-state index is 11.3. The van der Waals surface area contributed by atoms with Crippen LogP contribution in [0.1, 0.15) is 21.5 Å². The second-order valence-electron chi connectivity index (χ2n) is 4.88. The SMILES string of the molecule is COCCc1ccccc1Nc1cc(C)ccc1C(=O)O. The van der Waals surface area contributed by atoms with Crippen molar-refractivity contribution in [2.45, 2.75) is 13.3 Å². The molecule has 2 aromatic carbocycles. The van der Waals surface area contributed by atoms with Crippen molar-refractivity contribution in [3.63, 3.8) is 0 Å².